The maximum atomic E-state index is 11.9. The Morgan fingerprint density at radius 2 is 1.95 bits per heavy atom. The fourth-order valence-corrected chi connectivity index (χ4v) is 2.02. The van der Waals surface area contributed by atoms with Crippen LogP contribution >= 0.6 is 27.5 Å². The molecule has 0 unspecified atom stereocenters. The number of halogens is 2. The summed E-state index contributed by atoms with van der Waals surface area (Å²) in [6, 6.07) is 11.1. The normalized spacial score (nSPS) is 10.6. The van der Waals surface area contributed by atoms with E-state index in [4.69, 9.17) is 11.6 Å². The van der Waals surface area contributed by atoms with Crippen molar-refractivity contribution in [3.63, 3.8) is 0 Å². The molecule has 0 saturated carbocycles. The molecule has 0 aromatic heterocycles. The van der Waals surface area contributed by atoms with Crippen molar-refractivity contribution in [2.24, 2.45) is 5.10 Å². The Labute approximate surface area is 139 Å². The number of nitrogens with zero attached hydrogens (tertiary/aromatic N) is 2. The highest BCUT2D eigenvalue weighted by molar-refractivity contribution is 9.10. The van der Waals surface area contributed by atoms with E-state index < -0.39 is 10.8 Å². The maximum Gasteiger partial charge on any atom is 0.288 e. The number of hydrogen-bond donors (Lipinski definition) is 1. The van der Waals surface area contributed by atoms with Gasteiger partial charge < -0.3 is 0 Å². The molecule has 2 rings (SSSR count). The number of benzene rings is 2. The van der Waals surface area contributed by atoms with Crippen molar-refractivity contribution in [1.82, 2.24) is 5.43 Å². The van der Waals surface area contributed by atoms with Gasteiger partial charge in [-0.1, -0.05) is 39.7 Å². The van der Waals surface area contributed by atoms with Gasteiger partial charge in [0.05, 0.1) is 11.1 Å². The van der Waals surface area contributed by atoms with Crippen molar-refractivity contribution in [2.75, 3.05) is 0 Å². The molecule has 112 valence electrons. The summed E-state index contributed by atoms with van der Waals surface area (Å²) in [4.78, 5) is 22.0. The van der Waals surface area contributed by atoms with Gasteiger partial charge in [0.25, 0.3) is 11.6 Å². The van der Waals surface area contributed by atoms with Crippen LogP contribution in [-0.2, 0) is 0 Å². The minimum absolute atomic E-state index is 0.0279. The first-order valence-corrected chi connectivity index (χ1v) is 7.17. The molecule has 0 fully saturated rings. The summed E-state index contributed by atoms with van der Waals surface area (Å²) in [6.07, 6.45) is 1.47. The van der Waals surface area contributed by atoms with E-state index in [2.05, 4.69) is 26.5 Å². The zero-order valence-corrected chi connectivity index (χ0v) is 13.3. The van der Waals surface area contributed by atoms with Crippen LogP contribution in [0, 0.1) is 10.1 Å². The van der Waals surface area contributed by atoms with E-state index in [0.29, 0.717) is 0 Å². The summed E-state index contributed by atoms with van der Waals surface area (Å²) < 4.78 is 0.933. The summed E-state index contributed by atoms with van der Waals surface area (Å²) in [5.41, 5.74) is 2.87. The van der Waals surface area contributed by atoms with Gasteiger partial charge in [-0.25, -0.2) is 5.43 Å². The molecule has 0 saturated heterocycles. The molecule has 22 heavy (non-hydrogen) atoms. The zero-order valence-electron chi connectivity index (χ0n) is 11.0. The molecular formula is C14H9BrClN3O3. The van der Waals surface area contributed by atoms with Crippen LogP contribution in [0.3, 0.4) is 0 Å². The van der Waals surface area contributed by atoms with Crippen LogP contribution < -0.4 is 5.43 Å². The highest BCUT2D eigenvalue weighted by Gasteiger charge is 2.15. The second-order valence-corrected chi connectivity index (χ2v) is 5.50. The van der Waals surface area contributed by atoms with E-state index in [1.165, 1.54) is 18.3 Å². The summed E-state index contributed by atoms with van der Waals surface area (Å²) in [6.45, 7) is 0. The van der Waals surface area contributed by atoms with Crippen LogP contribution in [0.15, 0.2) is 52.0 Å². The highest BCUT2D eigenvalue weighted by Crippen LogP contribution is 2.24. The lowest BCUT2D eigenvalue weighted by molar-refractivity contribution is -0.384. The van der Waals surface area contributed by atoms with Crippen LogP contribution in [-0.4, -0.2) is 17.0 Å². The predicted octanol–water partition coefficient (Wildman–Crippen LogP) is 3.77. The quantitative estimate of drug-likeness (QED) is 0.496. The minimum atomic E-state index is -0.649. The Bertz CT molecular complexity index is 747. The van der Waals surface area contributed by atoms with Gasteiger partial charge in [0.1, 0.15) is 5.02 Å². The SMILES string of the molecule is O=C(N/N=C\c1ccc(Br)cc1)c1ccc(Cl)c([N+](=O)[O-])c1. The number of nitro benzene ring substituents is 1. The summed E-state index contributed by atoms with van der Waals surface area (Å²) in [5, 5.41) is 14.6. The number of nitro groups is 1. The molecule has 0 radical (unpaired) electrons. The first kappa shape index (κ1) is 16.1. The first-order chi connectivity index (χ1) is 10.5. The third-order valence-corrected chi connectivity index (χ3v) is 3.50. The Balaban J connectivity index is 2.08. The molecule has 0 bridgehead atoms. The number of rotatable bonds is 4. The van der Waals surface area contributed by atoms with Gasteiger partial charge in [-0.15, -0.1) is 0 Å². The summed E-state index contributed by atoms with van der Waals surface area (Å²) >= 11 is 9.00. The van der Waals surface area contributed by atoms with E-state index in [-0.39, 0.29) is 16.3 Å². The molecule has 0 spiro atoms. The number of carbonyl (C=O) groups excluding carboxylic acids is 1. The molecule has 2 aromatic carbocycles. The van der Waals surface area contributed by atoms with E-state index in [1.807, 2.05) is 24.3 Å². The number of carbonyl (C=O) groups is 1. The molecule has 0 atom stereocenters. The van der Waals surface area contributed by atoms with Crippen LogP contribution in [0.1, 0.15) is 15.9 Å². The molecule has 1 amide bonds. The Hall–Kier alpha value is -2.25. The lowest BCUT2D eigenvalue weighted by Crippen LogP contribution is -2.17. The number of hydrogen-bond acceptors (Lipinski definition) is 4. The number of nitrogens with one attached hydrogen (secondary N) is 1. The van der Waals surface area contributed by atoms with Gasteiger partial charge in [-0.3, -0.25) is 14.9 Å². The molecule has 8 heteroatoms. The van der Waals surface area contributed by atoms with Crippen molar-refractivity contribution >= 4 is 45.3 Å². The van der Waals surface area contributed by atoms with Crippen LogP contribution in [0.5, 0.6) is 0 Å². The lowest BCUT2D eigenvalue weighted by Gasteiger charge is -2.01. The number of hydrazone groups is 1. The maximum absolute atomic E-state index is 11.9. The average Bonchev–Trinajstić information content (AvgIpc) is 2.49. The van der Waals surface area contributed by atoms with Gasteiger partial charge in [0.15, 0.2) is 0 Å². The van der Waals surface area contributed by atoms with Gasteiger partial charge in [-0.05, 0) is 29.8 Å². The van der Waals surface area contributed by atoms with E-state index in [9.17, 15) is 14.9 Å². The topological polar surface area (TPSA) is 84.6 Å². The van der Waals surface area contributed by atoms with Crippen molar-refractivity contribution in [1.29, 1.82) is 0 Å². The van der Waals surface area contributed by atoms with E-state index in [0.717, 1.165) is 16.1 Å². The number of amides is 1. The highest BCUT2D eigenvalue weighted by atomic mass is 79.9. The Morgan fingerprint density at radius 1 is 1.27 bits per heavy atom. The standard InChI is InChI=1S/C14H9BrClN3O3/c15-11-4-1-9(2-5-11)8-17-18-14(20)10-3-6-12(16)13(7-10)19(21)22/h1-8H,(H,18,20)/b17-8-. The molecule has 0 aliphatic carbocycles. The van der Waals surface area contributed by atoms with Gasteiger partial charge in [0, 0.05) is 16.1 Å². The molecular weight excluding hydrogens is 374 g/mol. The monoisotopic (exact) mass is 381 g/mol. The van der Waals surface area contributed by atoms with Gasteiger partial charge >= 0.3 is 0 Å². The van der Waals surface area contributed by atoms with Crippen LogP contribution in [0.2, 0.25) is 5.02 Å². The predicted molar refractivity (Wildman–Crippen MR) is 87.3 cm³/mol. The van der Waals surface area contributed by atoms with Crippen molar-refractivity contribution in [3.05, 3.63) is 73.2 Å². The van der Waals surface area contributed by atoms with Crippen molar-refractivity contribution < 1.29 is 9.72 Å². The third kappa shape index (κ3) is 4.12. The first-order valence-electron chi connectivity index (χ1n) is 6.00. The summed E-state index contributed by atoms with van der Waals surface area (Å²) in [7, 11) is 0. The van der Waals surface area contributed by atoms with Gasteiger partial charge in [0.2, 0.25) is 0 Å². The van der Waals surface area contributed by atoms with Crippen LogP contribution in [0.25, 0.3) is 0 Å². The second kappa shape index (κ2) is 7.15. The van der Waals surface area contributed by atoms with Crippen molar-refractivity contribution in [2.45, 2.75) is 0 Å². The molecule has 2 aromatic rings. The Morgan fingerprint density at radius 3 is 2.59 bits per heavy atom. The average molecular weight is 383 g/mol. The Kier molecular flexibility index (Phi) is 5.24. The van der Waals surface area contributed by atoms with Crippen molar-refractivity contribution in [3.8, 4) is 0 Å². The van der Waals surface area contributed by atoms with E-state index >= 15 is 0 Å². The molecule has 0 heterocycles. The molecule has 0 aliphatic heterocycles. The van der Waals surface area contributed by atoms with E-state index in [1.54, 1.807) is 0 Å². The zero-order chi connectivity index (χ0) is 16.1. The molecule has 0 aliphatic rings. The largest absolute Gasteiger partial charge is 0.288 e. The fraction of sp³-hybridized carbons (Fsp3) is 0. The lowest BCUT2D eigenvalue weighted by atomic mass is 10.2. The third-order valence-electron chi connectivity index (χ3n) is 2.65. The van der Waals surface area contributed by atoms with Gasteiger partial charge in [-0.2, -0.15) is 5.10 Å². The fourth-order valence-electron chi connectivity index (χ4n) is 1.57. The minimum Gasteiger partial charge on any atom is -0.267 e. The smallest absolute Gasteiger partial charge is 0.267 e. The molecule has 1 N–H and O–H groups in total. The van der Waals surface area contributed by atoms with Crippen LogP contribution in [0.4, 0.5) is 5.69 Å². The second-order valence-electron chi connectivity index (χ2n) is 4.17. The molecule has 6 nitrogen and oxygen atoms in total. The summed E-state index contributed by atoms with van der Waals surface area (Å²) in [5.74, 6) is -0.562.